The number of rotatable bonds is 1. The van der Waals surface area contributed by atoms with Crippen LogP contribution >= 0.6 is 0 Å². The predicted molar refractivity (Wildman–Crippen MR) is 77.9 cm³/mol. The Morgan fingerprint density at radius 1 is 1.26 bits per heavy atom. The molecule has 0 amide bonds. The summed E-state index contributed by atoms with van der Waals surface area (Å²) in [5.41, 5.74) is 10.3. The molecule has 1 aromatic rings. The second-order valence-corrected chi connectivity index (χ2v) is 5.60. The van der Waals surface area contributed by atoms with Crippen molar-refractivity contribution in [2.24, 2.45) is 10.7 Å². The van der Waals surface area contributed by atoms with Gasteiger partial charge in [0.2, 0.25) is 0 Å². The van der Waals surface area contributed by atoms with Gasteiger partial charge in [-0.3, -0.25) is 0 Å². The Hall–Kier alpha value is -1.55. The Bertz CT molecular complexity index is 489. The Kier molecular flexibility index (Phi) is 3.42. The van der Waals surface area contributed by atoms with Crippen molar-refractivity contribution >= 4 is 5.96 Å². The van der Waals surface area contributed by atoms with Crippen LogP contribution in [0.4, 0.5) is 0 Å². The topological polar surface area (TPSA) is 53.6 Å². The first-order chi connectivity index (χ1) is 9.22. The summed E-state index contributed by atoms with van der Waals surface area (Å²) in [6.45, 7) is 6.05. The third-order valence-corrected chi connectivity index (χ3v) is 4.03. The number of aryl methyl sites for hydroxylation is 1. The molecule has 0 spiro atoms. The van der Waals surface area contributed by atoms with E-state index >= 15 is 0 Å². The van der Waals surface area contributed by atoms with Gasteiger partial charge in [-0.1, -0.05) is 23.8 Å². The van der Waals surface area contributed by atoms with Crippen molar-refractivity contribution in [2.75, 3.05) is 13.1 Å². The highest BCUT2D eigenvalue weighted by Gasteiger charge is 2.21. The molecular formula is C15H22N4. The van der Waals surface area contributed by atoms with E-state index in [1.165, 1.54) is 16.7 Å². The minimum Gasteiger partial charge on any atom is -0.370 e. The number of nitrogens with two attached hydrogens (primary N) is 1. The fraction of sp³-hybridized carbons (Fsp3) is 0.533. The molecule has 2 heterocycles. The summed E-state index contributed by atoms with van der Waals surface area (Å²) < 4.78 is 0. The van der Waals surface area contributed by atoms with E-state index in [1.807, 2.05) is 0 Å². The van der Waals surface area contributed by atoms with Crippen LogP contribution in [0.3, 0.4) is 0 Å². The average Bonchev–Trinajstić information content (AvgIpc) is 2.83. The molecule has 0 unspecified atom stereocenters. The first-order valence-electron chi connectivity index (χ1n) is 7.10. The quantitative estimate of drug-likeness (QED) is 0.591. The number of aliphatic imine (C=N–C) groups is 1. The van der Waals surface area contributed by atoms with Crippen LogP contribution in [0.1, 0.15) is 29.5 Å². The lowest BCUT2D eigenvalue weighted by Crippen LogP contribution is -2.37. The van der Waals surface area contributed by atoms with Gasteiger partial charge in [0.05, 0.1) is 6.04 Å². The van der Waals surface area contributed by atoms with Gasteiger partial charge in [0, 0.05) is 13.1 Å². The number of fused-ring (bicyclic) bond motifs is 1. The van der Waals surface area contributed by atoms with Crippen LogP contribution in [0.25, 0.3) is 0 Å². The van der Waals surface area contributed by atoms with Gasteiger partial charge < -0.3 is 16.0 Å². The highest BCUT2D eigenvalue weighted by atomic mass is 15.3. The molecule has 1 aromatic carbocycles. The predicted octanol–water partition coefficient (Wildman–Crippen LogP) is 1.38. The maximum absolute atomic E-state index is 6.18. The molecule has 2 aliphatic rings. The van der Waals surface area contributed by atoms with Crippen LogP contribution in [0.2, 0.25) is 0 Å². The molecule has 1 fully saturated rings. The molecule has 2 aliphatic heterocycles. The first kappa shape index (κ1) is 12.5. The van der Waals surface area contributed by atoms with Crippen molar-refractivity contribution in [3.63, 3.8) is 0 Å². The lowest BCUT2D eigenvalue weighted by atomic mass is 10.1. The molecule has 102 valence electrons. The van der Waals surface area contributed by atoms with Crippen molar-refractivity contribution < 1.29 is 0 Å². The lowest BCUT2D eigenvalue weighted by molar-refractivity contribution is 0.418. The Morgan fingerprint density at radius 3 is 2.79 bits per heavy atom. The summed E-state index contributed by atoms with van der Waals surface area (Å²) in [4.78, 5) is 6.89. The molecule has 3 rings (SSSR count). The maximum Gasteiger partial charge on any atom is 0.192 e. The molecule has 3 N–H and O–H groups in total. The second-order valence-electron chi connectivity index (χ2n) is 5.60. The second kappa shape index (κ2) is 5.21. The molecule has 0 aliphatic carbocycles. The Balaban J connectivity index is 1.69. The third-order valence-electron chi connectivity index (χ3n) is 4.03. The lowest BCUT2D eigenvalue weighted by Gasteiger charge is -2.22. The number of piperidine rings is 1. The van der Waals surface area contributed by atoms with Crippen molar-refractivity contribution in [1.82, 2.24) is 10.2 Å². The van der Waals surface area contributed by atoms with Crippen molar-refractivity contribution in [2.45, 2.75) is 38.9 Å². The molecule has 0 radical (unpaired) electrons. The van der Waals surface area contributed by atoms with Gasteiger partial charge in [-0.25, -0.2) is 4.99 Å². The summed E-state index contributed by atoms with van der Waals surface area (Å²) in [6, 6.07) is 7.03. The average molecular weight is 258 g/mol. The monoisotopic (exact) mass is 258 g/mol. The van der Waals surface area contributed by atoms with Crippen molar-refractivity contribution in [3.8, 4) is 0 Å². The van der Waals surface area contributed by atoms with Gasteiger partial charge in [0.1, 0.15) is 0 Å². The smallest absolute Gasteiger partial charge is 0.192 e. The van der Waals surface area contributed by atoms with Crippen LogP contribution in [0.15, 0.2) is 23.2 Å². The third kappa shape index (κ3) is 2.73. The largest absolute Gasteiger partial charge is 0.370 e. The molecule has 4 heteroatoms. The zero-order valence-electron chi connectivity index (χ0n) is 11.5. The fourth-order valence-electron chi connectivity index (χ4n) is 2.89. The number of guanidine groups is 1. The number of nitrogens with one attached hydrogen (secondary N) is 1. The number of hydrogen-bond donors (Lipinski definition) is 2. The summed E-state index contributed by atoms with van der Waals surface area (Å²) in [6.07, 6.45) is 2.20. The van der Waals surface area contributed by atoms with E-state index < -0.39 is 0 Å². The summed E-state index contributed by atoms with van der Waals surface area (Å²) in [5, 5.41) is 3.35. The minimum absolute atomic E-state index is 0.395. The molecule has 19 heavy (non-hydrogen) atoms. The van der Waals surface area contributed by atoms with Gasteiger partial charge in [-0.2, -0.15) is 0 Å². The first-order valence-corrected chi connectivity index (χ1v) is 7.10. The van der Waals surface area contributed by atoms with Crippen LogP contribution in [-0.2, 0) is 13.1 Å². The number of benzene rings is 1. The van der Waals surface area contributed by atoms with Crippen LogP contribution < -0.4 is 11.1 Å². The zero-order valence-corrected chi connectivity index (χ0v) is 11.5. The zero-order chi connectivity index (χ0) is 13.2. The minimum atomic E-state index is 0.395. The summed E-state index contributed by atoms with van der Waals surface area (Å²) >= 11 is 0. The summed E-state index contributed by atoms with van der Waals surface area (Å²) in [7, 11) is 0. The number of hydrogen-bond acceptors (Lipinski definition) is 2. The van der Waals surface area contributed by atoms with Crippen molar-refractivity contribution in [1.29, 1.82) is 0 Å². The van der Waals surface area contributed by atoms with E-state index in [4.69, 9.17) is 10.7 Å². The highest BCUT2D eigenvalue weighted by Crippen LogP contribution is 2.23. The standard InChI is InChI=1S/C15H22N4/c1-11-2-3-12-9-19(10-13(12)8-11)15(16)18-14-4-6-17-7-5-14/h2-3,8,14,17H,4-7,9-10H2,1H3,(H2,16,18). The maximum atomic E-state index is 6.18. The van der Waals surface area contributed by atoms with E-state index in [2.05, 4.69) is 35.3 Å². The molecular weight excluding hydrogens is 236 g/mol. The Morgan fingerprint density at radius 2 is 2.00 bits per heavy atom. The van der Waals surface area contributed by atoms with E-state index in [9.17, 15) is 0 Å². The van der Waals surface area contributed by atoms with Crippen LogP contribution in [-0.4, -0.2) is 30.0 Å². The van der Waals surface area contributed by atoms with E-state index in [0.717, 1.165) is 39.0 Å². The van der Waals surface area contributed by atoms with E-state index in [1.54, 1.807) is 0 Å². The van der Waals surface area contributed by atoms with Crippen LogP contribution in [0, 0.1) is 6.92 Å². The van der Waals surface area contributed by atoms with Gasteiger partial charge in [0.25, 0.3) is 0 Å². The molecule has 0 atom stereocenters. The van der Waals surface area contributed by atoms with Gasteiger partial charge in [0.15, 0.2) is 5.96 Å². The summed E-state index contributed by atoms with van der Waals surface area (Å²) in [5.74, 6) is 0.709. The molecule has 0 aromatic heterocycles. The molecule has 1 saturated heterocycles. The normalized spacial score (nSPS) is 20.7. The fourth-order valence-corrected chi connectivity index (χ4v) is 2.89. The van der Waals surface area contributed by atoms with Gasteiger partial charge in [-0.15, -0.1) is 0 Å². The van der Waals surface area contributed by atoms with E-state index in [-0.39, 0.29) is 0 Å². The van der Waals surface area contributed by atoms with Gasteiger partial charge >= 0.3 is 0 Å². The Labute approximate surface area is 114 Å². The molecule has 0 saturated carbocycles. The highest BCUT2D eigenvalue weighted by molar-refractivity contribution is 5.79. The van der Waals surface area contributed by atoms with Crippen LogP contribution in [0.5, 0.6) is 0 Å². The van der Waals surface area contributed by atoms with E-state index in [0.29, 0.717) is 12.0 Å². The van der Waals surface area contributed by atoms with Gasteiger partial charge in [-0.05, 0) is 44.0 Å². The molecule has 0 bridgehead atoms. The number of nitrogens with zero attached hydrogens (tertiary/aromatic N) is 2. The van der Waals surface area contributed by atoms with Crippen molar-refractivity contribution in [3.05, 3.63) is 34.9 Å². The molecule has 4 nitrogen and oxygen atoms in total. The SMILES string of the molecule is Cc1ccc2c(c1)CN(C(N)=NC1CCNCC1)C2.